The van der Waals surface area contributed by atoms with Gasteiger partial charge in [0.25, 0.3) is 0 Å². The molecule has 2 fully saturated rings. The Morgan fingerprint density at radius 1 is 0.636 bits per heavy atom. The van der Waals surface area contributed by atoms with Crippen LogP contribution >= 0.6 is 47.0 Å². The number of rotatable bonds is 0. The van der Waals surface area contributed by atoms with E-state index in [1.807, 2.05) is 0 Å². The lowest BCUT2D eigenvalue weighted by molar-refractivity contribution is 0.970. The van der Waals surface area contributed by atoms with Gasteiger partial charge in [-0.05, 0) is 27.7 Å². The van der Waals surface area contributed by atoms with Crippen LogP contribution in [0.5, 0.6) is 0 Å². The molecule has 2 rings (SSSR count). The quantitative estimate of drug-likeness (QED) is 0.609. The minimum atomic E-state index is 0.469. The van der Waals surface area contributed by atoms with Gasteiger partial charge in [-0.25, -0.2) is 0 Å². The zero-order chi connectivity index (χ0) is 8.33. The third-order valence-electron chi connectivity index (χ3n) is 1.48. The molecule has 0 aromatic carbocycles. The Labute approximate surface area is 85.4 Å². The summed E-state index contributed by atoms with van der Waals surface area (Å²) in [5.74, 6) is 0. The van der Waals surface area contributed by atoms with Gasteiger partial charge in [0.15, 0.2) is 2.74 Å². The van der Waals surface area contributed by atoms with Gasteiger partial charge in [0.1, 0.15) is 0 Å². The van der Waals surface area contributed by atoms with Crippen LogP contribution in [0.4, 0.5) is 0 Å². The van der Waals surface area contributed by atoms with Crippen LogP contribution in [-0.4, -0.2) is 10.9 Å². The minimum Gasteiger partial charge on any atom is -0.105 e. The summed E-state index contributed by atoms with van der Waals surface area (Å²) in [5, 5.41) is 0. The highest BCUT2D eigenvalue weighted by Crippen LogP contribution is 2.84. The van der Waals surface area contributed by atoms with E-state index in [0.29, 0.717) is 10.9 Å². The van der Waals surface area contributed by atoms with Gasteiger partial charge in [-0.3, -0.25) is 0 Å². The van der Waals surface area contributed by atoms with E-state index in [1.165, 1.54) is 0 Å². The Morgan fingerprint density at radius 2 is 0.909 bits per heavy atom. The second kappa shape index (κ2) is 2.25. The van der Waals surface area contributed by atoms with E-state index in [0.717, 1.165) is 0 Å². The predicted octanol–water partition coefficient (Wildman–Crippen LogP) is 4.03. The van der Waals surface area contributed by atoms with E-state index in [4.69, 9.17) is 0 Å². The van der Waals surface area contributed by atoms with E-state index < -0.39 is 0 Å². The molecule has 2 aliphatic heterocycles. The highest BCUT2D eigenvalue weighted by Gasteiger charge is 2.63. The van der Waals surface area contributed by atoms with Crippen LogP contribution in [0, 0.1) is 0 Å². The van der Waals surface area contributed by atoms with Gasteiger partial charge in [-0.1, -0.05) is 0 Å². The molecule has 0 saturated carbocycles. The molecule has 0 nitrogen and oxygen atoms in total. The summed E-state index contributed by atoms with van der Waals surface area (Å²) in [6.45, 7) is 9.22. The van der Waals surface area contributed by atoms with Crippen LogP contribution in [0.1, 0.15) is 27.7 Å². The van der Waals surface area contributed by atoms with Gasteiger partial charge in [-0.2, -0.15) is 0 Å². The summed E-state index contributed by atoms with van der Waals surface area (Å²) in [6, 6.07) is 0. The van der Waals surface area contributed by atoms with Crippen LogP contribution < -0.4 is 0 Å². The van der Waals surface area contributed by atoms with E-state index in [1.54, 1.807) is 0 Å². The smallest absolute Gasteiger partial charge is 0.105 e. The molecule has 0 amide bonds. The van der Waals surface area contributed by atoms with Crippen molar-refractivity contribution in [3.8, 4) is 0 Å². The standard InChI is InChI=1S/C7H12S4/c1-5(2)8-7(9-5)10-6(3,4)11-7/h1-4H3. The van der Waals surface area contributed by atoms with Crippen LogP contribution in [0.3, 0.4) is 0 Å². The van der Waals surface area contributed by atoms with Gasteiger partial charge in [0.2, 0.25) is 0 Å². The van der Waals surface area contributed by atoms with Crippen molar-refractivity contribution in [1.82, 2.24) is 0 Å². The first-order valence-corrected chi connectivity index (χ1v) is 6.90. The fourth-order valence-corrected chi connectivity index (χ4v) is 14.2. The fraction of sp³-hybridized carbons (Fsp3) is 1.00. The maximum absolute atomic E-state index is 2.31. The topological polar surface area (TPSA) is 0 Å². The number of hydrogen-bond donors (Lipinski definition) is 0. The SMILES string of the molecule is CC1(C)SC2(S1)SC(C)(C)S2. The summed E-state index contributed by atoms with van der Waals surface area (Å²) in [5.41, 5.74) is 0. The van der Waals surface area contributed by atoms with Crippen molar-refractivity contribution in [2.24, 2.45) is 0 Å². The largest absolute Gasteiger partial charge is 0.158 e. The molecule has 2 heterocycles. The molecule has 0 aromatic heterocycles. The summed E-state index contributed by atoms with van der Waals surface area (Å²) in [7, 11) is 0. The third kappa shape index (κ3) is 1.56. The normalized spacial score (nSPS) is 36.0. The molecular weight excluding hydrogens is 212 g/mol. The molecule has 2 saturated heterocycles. The first kappa shape index (κ1) is 8.97. The maximum Gasteiger partial charge on any atom is 0.158 e. The van der Waals surface area contributed by atoms with Crippen LogP contribution in [-0.2, 0) is 0 Å². The molecule has 1 spiro atoms. The zero-order valence-corrected chi connectivity index (χ0v) is 10.4. The van der Waals surface area contributed by atoms with Gasteiger partial charge in [0.05, 0.1) is 8.16 Å². The summed E-state index contributed by atoms with van der Waals surface area (Å²) < 4.78 is 1.42. The molecule has 11 heavy (non-hydrogen) atoms. The molecule has 0 unspecified atom stereocenters. The molecule has 0 atom stereocenters. The van der Waals surface area contributed by atoms with E-state index >= 15 is 0 Å². The maximum atomic E-state index is 2.31. The predicted molar refractivity (Wildman–Crippen MR) is 61.3 cm³/mol. The van der Waals surface area contributed by atoms with Crippen molar-refractivity contribution < 1.29 is 0 Å². The Bertz CT molecular complexity index is 155. The van der Waals surface area contributed by atoms with Crippen LogP contribution in [0.15, 0.2) is 0 Å². The Kier molecular flexibility index (Phi) is 1.84. The zero-order valence-electron chi connectivity index (χ0n) is 7.13. The molecule has 0 N–H and O–H groups in total. The van der Waals surface area contributed by atoms with Gasteiger partial charge in [-0.15, -0.1) is 47.0 Å². The van der Waals surface area contributed by atoms with E-state index in [9.17, 15) is 0 Å². The van der Waals surface area contributed by atoms with Gasteiger partial charge >= 0.3 is 0 Å². The van der Waals surface area contributed by atoms with Crippen molar-refractivity contribution in [1.29, 1.82) is 0 Å². The van der Waals surface area contributed by atoms with Crippen molar-refractivity contribution in [2.45, 2.75) is 38.6 Å². The van der Waals surface area contributed by atoms with E-state index in [2.05, 4.69) is 74.7 Å². The number of hydrogen-bond acceptors (Lipinski definition) is 4. The molecule has 0 aliphatic carbocycles. The first-order chi connectivity index (χ1) is 4.83. The second-order valence-corrected chi connectivity index (χ2v) is 13.1. The van der Waals surface area contributed by atoms with Crippen molar-refractivity contribution >= 4 is 47.0 Å². The fourth-order valence-electron chi connectivity index (χ4n) is 1.30. The molecule has 0 radical (unpaired) electrons. The molecular formula is C7H12S4. The van der Waals surface area contributed by atoms with Crippen molar-refractivity contribution in [3.05, 3.63) is 0 Å². The third-order valence-corrected chi connectivity index (χ3v) is 8.45. The molecule has 0 aromatic rings. The Morgan fingerprint density at radius 3 is 1.09 bits per heavy atom. The Hall–Kier alpha value is 1.40. The lowest BCUT2D eigenvalue weighted by Crippen LogP contribution is -2.46. The summed E-state index contributed by atoms with van der Waals surface area (Å²) >= 11 is 8.44. The van der Waals surface area contributed by atoms with Crippen LogP contribution in [0.2, 0.25) is 0 Å². The van der Waals surface area contributed by atoms with Crippen LogP contribution in [0.25, 0.3) is 0 Å². The summed E-state index contributed by atoms with van der Waals surface area (Å²) in [6.07, 6.45) is 0. The van der Waals surface area contributed by atoms with Gasteiger partial charge in [0, 0.05) is 0 Å². The molecule has 64 valence electrons. The lowest BCUT2D eigenvalue weighted by Gasteiger charge is -2.61. The molecule has 0 bridgehead atoms. The average Bonchev–Trinajstić information content (AvgIpc) is 1.52. The van der Waals surface area contributed by atoms with Crippen molar-refractivity contribution in [2.75, 3.05) is 0 Å². The number of thioether (sulfide) groups is 4. The molecule has 4 heteroatoms. The molecule has 2 aliphatic rings. The highest BCUT2D eigenvalue weighted by molar-refractivity contribution is 8.63. The minimum absolute atomic E-state index is 0.469. The lowest BCUT2D eigenvalue weighted by atomic mass is 10.5. The van der Waals surface area contributed by atoms with Gasteiger partial charge < -0.3 is 0 Å². The van der Waals surface area contributed by atoms with Crippen molar-refractivity contribution in [3.63, 3.8) is 0 Å². The summed E-state index contributed by atoms with van der Waals surface area (Å²) in [4.78, 5) is 0. The second-order valence-electron chi connectivity index (χ2n) is 3.71. The average molecular weight is 224 g/mol. The Balaban J connectivity index is 1.93. The van der Waals surface area contributed by atoms with E-state index in [-0.39, 0.29) is 0 Å². The monoisotopic (exact) mass is 224 g/mol. The highest BCUT2D eigenvalue weighted by atomic mass is 32.4. The first-order valence-electron chi connectivity index (χ1n) is 3.63.